The number of rotatable bonds is 4. The molecule has 0 atom stereocenters. The number of aromatic amines is 1. The van der Waals surface area contributed by atoms with Crippen LogP contribution in [0.3, 0.4) is 0 Å². The molecule has 0 spiro atoms. The molecule has 5 nitrogen and oxygen atoms in total. The van der Waals surface area contributed by atoms with Crippen molar-refractivity contribution < 1.29 is 0 Å². The zero-order valence-electron chi connectivity index (χ0n) is 8.32. The highest BCUT2D eigenvalue weighted by Gasteiger charge is 2.08. The van der Waals surface area contributed by atoms with E-state index in [0.717, 1.165) is 12.5 Å². The second kappa shape index (κ2) is 4.77. The van der Waals surface area contributed by atoms with Crippen LogP contribution in [-0.4, -0.2) is 28.4 Å². The van der Waals surface area contributed by atoms with E-state index in [1.54, 1.807) is 0 Å². The van der Waals surface area contributed by atoms with Crippen LogP contribution in [-0.2, 0) is 6.54 Å². The Morgan fingerprint density at radius 2 is 2.43 bits per heavy atom. The van der Waals surface area contributed by atoms with E-state index >= 15 is 0 Å². The Morgan fingerprint density at radius 3 is 3.00 bits per heavy atom. The lowest BCUT2D eigenvalue weighted by Crippen LogP contribution is -2.22. The molecule has 1 N–H and O–H groups in total. The van der Waals surface area contributed by atoms with Crippen LogP contribution in [0, 0.1) is 16.1 Å². The number of H-pyrrole nitrogens is 1. The molecule has 0 amide bonds. The molecule has 0 aliphatic heterocycles. The lowest BCUT2D eigenvalue weighted by Gasteiger charge is -2.16. The van der Waals surface area contributed by atoms with Crippen molar-refractivity contribution in [2.75, 3.05) is 18.5 Å². The van der Waals surface area contributed by atoms with Gasteiger partial charge in [-0.25, -0.2) is 5.10 Å². The molecule has 0 saturated heterocycles. The maximum absolute atomic E-state index is 8.46. The second-order valence-corrected chi connectivity index (χ2v) is 3.29. The molecule has 0 bridgehead atoms. The third kappa shape index (κ3) is 2.12. The molecular weight excluding hydrogens is 198 g/mol. The molecule has 1 aromatic heterocycles. The quantitative estimate of drug-likeness (QED) is 0.763. The molecule has 76 valence electrons. The minimum absolute atomic E-state index is 0.486. The van der Waals surface area contributed by atoms with Crippen molar-refractivity contribution in [3.05, 3.63) is 4.77 Å². The van der Waals surface area contributed by atoms with Gasteiger partial charge in [0.15, 0.2) is 4.77 Å². The summed E-state index contributed by atoms with van der Waals surface area (Å²) in [4.78, 5) is 1.92. The van der Waals surface area contributed by atoms with Gasteiger partial charge in [0.2, 0.25) is 5.95 Å². The maximum atomic E-state index is 8.46. The van der Waals surface area contributed by atoms with Crippen molar-refractivity contribution in [1.29, 1.82) is 5.26 Å². The van der Waals surface area contributed by atoms with Crippen molar-refractivity contribution >= 4 is 18.2 Å². The molecule has 0 saturated carbocycles. The van der Waals surface area contributed by atoms with Crippen LogP contribution in [0.15, 0.2) is 0 Å². The molecule has 0 fully saturated rings. The van der Waals surface area contributed by atoms with Crippen molar-refractivity contribution in [2.24, 2.45) is 0 Å². The molecule has 0 aromatic carbocycles. The summed E-state index contributed by atoms with van der Waals surface area (Å²) in [5.41, 5.74) is 0. The minimum Gasteiger partial charge on any atom is -0.343 e. The molecule has 14 heavy (non-hydrogen) atoms. The molecule has 0 unspecified atom stereocenters. The number of aromatic nitrogens is 3. The zero-order valence-corrected chi connectivity index (χ0v) is 9.13. The number of nitriles is 1. The van der Waals surface area contributed by atoms with E-state index in [1.807, 2.05) is 23.4 Å². The van der Waals surface area contributed by atoms with E-state index < -0.39 is 0 Å². The zero-order chi connectivity index (χ0) is 10.6. The fourth-order valence-electron chi connectivity index (χ4n) is 1.20. The third-order valence-corrected chi connectivity index (χ3v) is 2.27. The highest BCUT2D eigenvalue weighted by Crippen LogP contribution is 2.09. The smallest absolute Gasteiger partial charge is 0.225 e. The normalized spacial score (nSPS) is 9.79. The Kier molecular flexibility index (Phi) is 3.65. The Hall–Kier alpha value is -1.35. The fourth-order valence-corrected chi connectivity index (χ4v) is 1.46. The predicted molar refractivity (Wildman–Crippen MR) is 56.6 cm³/mol. The number of nitrogens with zero attached hydrogens (tertiary/aromatic N) is 4. The average molecular weight is 211 g/mol. The third-order valence-electron chi connectivity index (χ3n) is 1.95. The maximum Gasteiger partial charge on any atom is 0.225 e. The van der Waals surface area contributed by atoms with Crippen LogP contribution in [0.5, 0.6) is 0 Å². The Balaban J connectivity index is 2.85. The van der Waals surface area contributed by atoms with Gasteiger partial charge >= 0.3 is 0 Å². The summed E-state index contributed by atoms with van der Waals surface area (Å²) in [5.74, 6) is 0.785. The van der Waals surface area contributed by atoms with Gasteiger partial charge in [-0.3, -0.25) is 4.57 Å². The number of nitrogens with one attached hydrogen (secondary N) is 1. The summed E-state index contributed by atoms with van der Waals surface area (Å²) >= 11 is 5.06. The van der Waals surface area contributed by atoms with E-state index in [2.05, 4.69) is 16.3 Å². The first-order valence-corrected chi connectivity index (χ1v) is 4.84. The van der Waals surface area contributed by atoms with E-state index in [4.69, 9.17) is 17.5 Å². The van der Waals surface area contributed by atoms with E-state index in [1.165, 1.54) is 0 Å². The Bertz CT molecular complexity index is 385. The van der Waals surface area contributed by atoms with E-state index in [-0.39, 0.29) is 0 Å². The Morgan fingerprint density at radius 1 is 1.71 bits per heavy atom. The highest BCUT2D eigenvalue weighted by molar-refractivity contribution is 7.71. The van der Waals surface area contributed by atoms with Crippen LogP contribution in [0.25, 0.3) is 0 Å². The SMILES string of the molecule is CCn1c(N(C)CCC#N)n[nH]c1=S. The molecular formula is C8H13N5S. The lowest BCUT2D eigenvalue weighted by atomic mass is 10.4. The summed E-state index contributed by atoms with van der Waals surface area (Å²) in [6.07, 6.45) is 0.486. The molecule has 1 aromatic rings. The fraction of sp³-hybridized carbons (Fsp3) is 0.625. The molecule has 1 rings (SSSR count). The first-order valence-electron chi connectivity index (χ1n) is 4.44. The van der Waals surface area contributed by atoms with Crippen LogP contribution in [0.4, 0.5) is 5.95 Å². The summed E-state index contributed by atoms with van der Waals surface area (Å²) in [6, 6.07) is 2.10. The highest BCUT2D eigenvalue weighted by atomic mass is 32.1. The van der Waals surface area contributed by atoms with Gasteiger partial charge in [0.1, 0.15) is 0 Å². The second-order valence-electron chi connectivity index (χ2n) is 2.90. The van der Waals surface area contributed by atoms with Gasteiger partial charge in [0.25, 0.3) is 0 Å². The van der Waals surface area contributed by atoms with Crippen LogP contribution >= 0.6 is 12.2 Å². The van der Waals surface area contributed by atoms with Crippen molar-refractivity contribution in [1.82, 2.24) is 14.8 Å². The van der Waals surface area contributed by atoms with Crippen molar-refractivity contribution in [2.45, 2.75) is 19.9 Å². The molecule has 0 radical (unpaired) electrons. The van der Waals surface area contributed by atoms with Crippen molar-refractivity contribution in [3.63, 3.8) is 0 Å². The summed E-state index contributed by atoms with van der Waals surface area (Å²) in [7, 11) is 1.90. The molecule has 0 aliphatic rings. The van der Waals surface area contributed by atoms with Gasteiger partial charge in [-0.15, -0.1) is 5.10 Å². The van der Waals surface area contributed by atoms with Crippen LogP contribution < -0.4 is 4.90 Å². The van der Waals surface area contributed by atoms with Gasteiger partial charge in [-0.1, -0.05) is 0 Å². The topological polar surface area (TPSA) is 60.6 Å². The largest absolute Gasteiger partial charge is 0.343 e. The average Bonchev–Trinajstić information content (AvgIpc) is 2.55. The van der Waals surface area contributed by atoms with Gasteiger partial charge < -0.3 is 4.90 Å². The van der Waals surface area contributed by atoms with Gasteiger partial charge in [0, 0.05) is 20.1 Å². The molecule has 1 heterocycles. The summed E-state index contributed by atoms with van der Waals surface area (Å²) in [5, 5.41) is 15.3. The van der Waals surface area contributed by atoms with E-state index in [9.17, 15) is 0 Å². The van der Waals surface area contributed by atoms with Gasteiger partial charge in [-0.2, -0.15) is 5.26 Å². The van der Waals surface area contributed by atoms with E-state index in [0.29, 0.717) is 17.7 Å². The number of hydrogen-bond acceptors (Lipinski definition) is 4. The van der Waals surface area contributed by atoms with Gasteiger partial charge in [-0.05, 0) is 19.1 Å². The molecule has 6 heteroatoms. The molecule has 0 aliphatic carbocycles. The van der Waals surface area contributed by atoms with Crippen LogP contribution in [0.2, 0.25) is 0 Å². The summed E-state index contributed by atoms with van der Waals surface area (Å²) in [6.45, 7) is 3.45. The lowest BCUT2D eigenvalue weighted by molar-refractivity contribution is 0.718. The van der Waals surface area contributed by atoms with Crippen molar-refractivity contribution in [3.8, 4) is 6.07 Å². The van der Waals surface area contributed by atoms with Gasteiger partial charge in [0.05, 0.1) is 12.5 Å². The predicted octanol–water partition coefficient (Wildman–Crippen LogP) is 1.31. The standard InChI is InChI=1S/C8H13N5S/c1-3-13-7(10-11-8(13)14)12(2)6-4-5-9/h3-4,6H2,1-2H3,(H,11,14). The first kappa shape index (κ1) is 10.7. The first-order chi connectivity index (χ1) is 6.70. The Labute approximate surface area is 88.0 Å². The monoisotopic (exact) mass is 211 g/mol. The minimum atomic E-state index is 0.486. The summed E-state index contributed by atoms with van der Waals surface area (Å²) < 4.78 is 2.51. The number of anilines is 1. The van der Waals surface area contributed by atoms with Crippen LogP contribution in [0.1, 0.15) is 13.3 Å². The number of hydrogen-bond donors (Lipinski definition) is 1.